The molecular weight excluding hydrogens is 222 g/mol. The predicted molar refractivity (Wildman–Crippen MR) is 63.1 cm³/mol. The lowest BCUT2D eigenvalue weighted by Gasteiger charge is -2.25. The van der Waals surface area contributed by atoms with Crippen molar-refractivity contribution >= 4 is 5.97 Å². The third-order valence-electron chi connectivity index (χ3n) is 2.64. The van der Waals surface area contributed by atoms with Crippen LogP contribution in [0.5, 0.6) is 0 Å². The fraction of sp³-hybridized carbons (Fsp3) is 0.583. The normalized spacial score (nSPS) is 11.4. The third kappa shape index (κ3) is 3.87. The number of hydrogen-bond donors (Lipinski definition) is 1. The number of carbonyl (C=O) groups is 1. The first kappa shape index (κ1) is 13.7. The van der Waals surface area contributed by atoms with E-state index < -0.39 is 5.97 Å². The zero-order chi connectivity index (χ0) is 12.8. The molecule has 0 radical (unpaired) electrons. The van der Waals surface area contributed by atoms with Crippen LogP contribution in [0.25, 0.3) is 0 Å². The van der Waals surface area contributed by atoms with Crippen molar-refractivity contribution in [3.8, 4) is 0 Å². The number of aromatic carboxylic acids is 1. The summed E-state index contributed by atoms with van der Waals surface area (Å²) in [5, 5.41) is 8.98. The molecule has 0 saturated carbocycles. The number of hydrogen-bond acceptors (Lipinski definition) is 4. The van der Waals surface area contributed by atoms with E-state index in [0.717, 1.165) is 6.54 Å². The fourth-order valence-electron chi connectivity index (χ4n) is 1.57. The molecule has 0 amide bonds. The van der Waals surface area contributed by atoms with Gasteiger partial charge < -0.3 is 14.3 Å². The predicted octanol–water partition coefficient (Wildman–Crippen LogP) is 1.83. The van der Waals surface area contributed by atoms with Crippen LogP contribution >= 0.6 is 0 Å². The van der Waals surface area contributed by atoms with Crippen molar-refractivity contribution in [1.29, 1.82) is 0 Å². The van der Waals surface area contributed by atoms with Crippen molar-refractivity contribution < 1.29 is 19.1 Å². The molecule has 1 N–H and O–H groups in total. The van der Waals surface area contributed by atoms with E-state index in [1.807, 2.05) is 0 Å². The van der Waals surface area contributed by atoms with E-state index in [4.69, 9.17) is 14.3 Å². The second kappa shape index (κ2) is 6.42. The minimum absolute atomic E-state index is 0.230. The van der Waals surface area contributed by atoms with Gasteiger partial charge in [0.25, 0.3) is 0 Å². The summed E-state index contributed by atoms with van der Waals surface area (Å²) in [5.41, 5.74) is 0.230. The molecule has 0 unspecified atom stereocenters. The Morgan fingerprint density at radius 1 is 1.59 bits per heavy atom. The van der Waals surface area contributed by atoms with E-state index in [0.29, 0.717) is 25.0 Å². The average molecular weight is 241 g/mol. The largest absolute Gasteiger partial charge is 0.478 e. The molecule has 0 bridgehead atoms. The highest BCUT2D eigenvalue weighted by Gasteiger charge is 2.18. The summed E-state index contributed by atoms with van der Waals surface area (Å²) in [6.45, 7) is 5.95. The van der Waals surface area contributed by atoms with Crippen LogP contribution in [0.4, 0.5) is 0 Å². The second-order valence-electron chi connectivity index (χ2n) is 4.12. The highest BCUT2D eigenvalue weighted by molar-refractivity contribution is 5.88. The lowest BCUT2D eigenvalue weighted by Crippen LogP contribution is -2.33. The first-order valence-corrected chi connectivity index (χ1v) is 5.59. The molecule has 1 aromatic rings. The fourth-order valence-corrected chi connectivity index (χ4v) is 1.57. The molecule has 1 heterocycles. The number of carboxylic acid groups (broad SMARTS) is 1. The quantitative estimate of drug-likeness (QED) is 0.789. The summed E-state index contributed by atoms with van der Waals surface area (Å²) >= 11 is 0. The van der Waals surface area contributed by atoms with Gasteiger partial charge in [-0.2, -0.15) is 0 Å². The van der Waals surface area contributed by atoms with E-state index >= 15 is 0 Å². The second-order valence-corrected chi connectivity index (χ2v) is 4.12. The Morgan fingerprint density at radius 3 is 2.82 bits per heavy atom. The molecule has 0 aliphatic heterocycles. The monoisotopic (exact) mass is 241 g/mol. The standard InChI is InChI=1S/C12H19NO4/c1-9(2)13(5-7-16-3)8-11-10(12(14)15)4-6-17-11/h4,6,9H,5,7-8H2,1-3H3,(H,14,15). The van der Waals surface area contributed by atoms with E-state index in [2.05, 4.69) is 18.7 Å². The Labute approximate surface area is 101 Å². The van der Waals surface area contributed by atoms with Gasteiger partial charge in [-0.05, 0) is 19.9 Å². The van der Waals surface area contributed by atoms with E-state index in [9.17, 15) is 4.79 Å². The molecule has 5 nitrogen and oxygen atoms in total. The maximum Gasteiger partial charge on any atom is 0.339 e. The molecule has 0 saturated heterocycles. The van der Waals surface area contributed by atoms with Crippen LogP contribution in [0.15, 0.2) is 16.7 Å². The smallest absolute Gasteiger partial charge is 0.339 e. The summed E-state index contributed by atoms with van der Waals surface area (Å²) in [6.07, 6.45) is 1.41. The summed E-state index contributed by atoms with van der Waals surface area (Å²) < 4.78 is 10.3. The van der Waals surface area contributed by atoms with Gasteiger partial charge in [-0.1, -0.05) is 0 Å². The van der Waals surface area contributed by atoms with Crippen molar-refractivity contribution in [2.45, 2.75) is 26.4 Å². The van der Waals surface area contributed by atoms with Gasteiger partial charge >= 0.3 is 5.97 Å². The van der Waals surface area contributed by atoms with Crippen LogP contribution < -0.4 is 0 Å². The molecule has 1 aromatic heterocycles. The molecule has 0 aromatic carbocycles. The lowest BCUT2D eigenvalue weighted by atomic mass is 10.2. The third-order valence-corrected chi connectivity index (χ3v) is 2.64. The molecule has 5 heteroatoms. The minimum Gasteiger partial charge on any atom is -0.478 e. The van der Waals surface area contributed by atoms with Crippen molar-refractivity contribution in [3.05, 3.63) is 23.7 Å². The SMILES string of the molecule is COCCN(Cc1occc1C(=O)O)C(C)C. The van der Waals surface area contributed by atoms with E-state index in [1.165, 1.54) is 12.3 Å². The topological polar surface area (TPSA) is 62.9 Å². The molecule has 96 valence electrons. The molecule has 0 spiro atoms. The Bertz CT molecular complexity index is 359. The van der Waals surface area contributed by atoms with Gasteiger partial charge in [0.1, 0.15) is 11.3 Å². The Hall–Kier alpha value is -1.33. The van der Waals surface area contributed by atoms with Gasteiger partial charge in [-0.15, -0.1) is 0 Å². The van der Waals surface area contributed by atoms with Crippen molar-refractivity contribution in [1.82, 2.24) is 4.90 Å². The van der Waals surface area contributed by atoms with Crippen molar-refractivity contribution in [3.63, 3.8) is 0 Å². The highest BCUT2D eigenvalue weighted by atomic mass is 16.5. The van der Waals surface area contributed by atoms with Gasteiger partial charge in [-0.3, -0.25) is 4.90 Å². The molecular formula is C12H19NO4. The van der Waals surface area contributed by atoms with Crippen LogP contribution in [0, 0.1) is 0 Å². The Kier molecular flexibility index (Phi) is 5.18. The lowest BCUT2D eigenvalue weighted by molar-refractivity contribution is 0.0689. The summed E-state index contributed by atoms with van der Waals surface area (Å²) in [6, 6.07) is 1.78. The summed E-state index contributed by atoms with van der Waals surface area (Å²) in [4.78, 5) is 13.1. The number of carboxylic acids is 1. The van der Waals surface area contributed by atoms with Crippen molar-refractivity contribution in [2.75, 3.05) is 20.3 Å². The maximum absolute atomic E-state index is 10.9. The summed E-state index contributed by atoms with van der Waals surface area (Å²) in [7, 11) is 1.65. The molecule has 0 fully saturated rings. The van der Waals surface area contributed by atoms with Gasteiger partial charge in [0.15, 0.2) is 0 Å². The first-order chi connectivity index (χ1) is 8.06. The number of nitrogens with zero attached hydrogens (tertiary/aromatic N) is 1. The van der Waals surface area contributed by atoms with Crippen LogP contribution in [-0.2, 0) is 11.3 Å². The van der Waals surface area contributed by atoms with E-state index in [1.54, 1.807) is 7.11 Å². The number of ether oxygens (including phenoxy) is 1. The van der Waals surface area contributed by atoms with Crippen LogP contribution in [0.1, 0.15) is 30.0 Å². The molecule has 17 heavy (non-hydrogen) atoms. The van der Waals surface area contributed by atoms with Gasteiger partial charge in [0.05, 0.1) is 19.4 Å². The zero-order valence-corrected chi connectivity index (χ0v) is 10.5. The zero-order valence-electron chi connectivity index (χ0n) is 10.5. The number of rotatable bonds is 7. The summed E-state index contributed by atoms with van der Waals surface area (Å²) in [5.74, 6) is -0.466. The number of furan rings is 1. The van der Waals surface area contributed by atoms with Gasteiger partial charge in [0, 0.05) is 19.7 Å². The van der Waals surface area contributed by atoms with Crippen LogP contribution in [0.3, 0.4) is 0 Å². The van der Waals surface area contributed by atoms with Crippen molar-refractivity contribution in [2.24, 2.45) is 0 Å². The van der Waals surface area contributed by atoms with Gasteiger partial charge in [0.2, 0.25) is 0 Å². The molecule has 0 aliphatic rings. The van der Waals surface area contributed by atoms with Gasteiger partial charge in [-0.25, -0.2) is 4.79 Å². The molecule has 0 atom stereocenters. The molecule has 1 rings (SSSR count). The highest BCUT2D eigenvalue weighted by Crippen LogP contribution is 2.14. The Balaban J connectivity index is 2.71. The minimum atomic E-state index is -0.954. The number of methoxy groups -OCH3 is 1. The average Bonchev–Trinajstić information content (AvgIpc) is 2.71. The molecule has 0 aliphatic carbocycles. The first-order valence-electron chi connectivity index (χ1n) is 5.59. The van der Waals surface area contributed by atoms with Crippen LogP contribution in [0.2, 0.25) is 0 Å². The Morgan fingerprint density at radius 2 is 2.29 bits per heavy atom. The van der Waals surface area contributed by atoms with Crippen LogP contribution in [-0.4, -0.2) is 42.3 Å². The van der Waals surface area contributed by atoms with E-state index in [-0.39, 0.29) is 5.56 Å². The maximum atomic E-state index is 10.9.